The van der Waals surface area contributed by atoms with E-state index in [1.807, 2.05) is 6.07 Å². The van der Waals surface area contributed by atoms with Crippen LogP contribution >= 0.6 is 11.3 Å². The highest BCUT2D eigenvalue weighted by molar-refractivity contribution is 7.22. The second-order valence-electron chi connectivity index (χ2n) is 14.7. The lowest BCUT2D eigenvalue weighted by Gasteiger charge is -2.28. The average molecular weight is 773 g/mol. The lowest BCUT2D eigenvalue weighted by Crippen LogP contribution is -2.11. The molecule has 0 bridgehead atoms. The molecule has 3 nitrogen and oxygen atoms in total. The summed E-state index contributed by atoms with van der Waals surface area (Å²) < 4.78 is 7.67. The van der Waals surface area contributed by atoms with Crippen LogP contribution in [0, 0.1) is 0 Å². The molecule has 0 aliphatic rings. The molecule has 0 amide bonds. The number of hydrogen-bond donors (Lipinski definition) is 0. The van der Waals surface area contributed by atoms with Crippen LogP contribution in [0.25, 0.3) is 87.2 Å². The quantitative estimate of drug-likeness (QED) is 0.154. The van der Waals surface area contributed by atoms with Gasteiger partial charge in [0.2, 0.25) is 0 Å². The van der Waals surface area contributed by atoms with Crippen molar-refractivity contribution < 1.29 is 4.42 Å². The third-order valence-electron chi connectivity index (χ3n) is 11.2. The highest BCUT2D eigenvalue weighted by Gasteiger charge is 2.19. The normalized spacial score (nSPS) is 11.4. The van der Waals surface area contributed by atoms with Crippen LogP contribution in [0.4, 0.5) is 17.1 Å². The predicted molar refractivity (Wildman–Crippen MR) is 249 cm³/mol. The second kappa shape index (κ2) is 14.8. The molecule has 0 aliphatic heterocycles. The Bertz CT molecular complexity index is 3230. The van der Waals surface area contributed by atoms with E-state index in [-0.39, 0.29) is 0 Å². The van der Waals surface area contributed by atoms with Crippen LogP contribution < -0.4 is 4.90 Å². The Labute approximate surface area is 346 Å². The molecule has 9 aromatic carbocycles. The van der Waals surface area contributed by atoms with Crippen molar-refractivity contribution in [3.8, 4) is 55.1 Å². The molecule has 0 N–H and O–H groups in total. The van der Waals surface area contributed by atoms with Gasteiger partial charge in [0, 0.05) is 33.3 Å². The maximum atomic E-state index is 6.52. The molecule has 0 saturated heterocycles. The summed E-state index contributed by atoms with van der Waals surface area (Å²) in [5.74, 6) is 0. The molecule has 2 heterocycles. The number of furan rings is 1. The van der Waals surface area contributed by atoms with Crippen molar-refractivity contribution in [2.24, 2.45) is 0 Å². The molecule has 11 rings (SSSR count). The molecule has 0 fully saturated rings. The van der Waals surface area contributed by atoms with Crippen molar-refractivity contribution >= 4 is 60.6 Å². The van der Waals surface area contributed by atoms with E-state index in [1.165, 1.54) is 22.3 Å². The van der Waals surface area contributed by atoms with Crippen LogP contribution in [-0.2, 0) is 0 Å². The van der Waals surface area contributed by atoms with Gasteiger partial charge in [-0.15, -0.1) is 11.3 Å². The number of para-hydroxylation sites is 1. The van der Waals surface area contributed by atoms with Crippen molar-refractivity contribution in [2.75, 3.05) is 4.90 Å². The zero-order valence-electron chi connectivity index (χ0n) is 32.0. The van der Waals surface area contributed by atoms with E-state index in [2.05, 4.69) is 217 Å². The van der Waals surface area contributed by atoms with E-state index in [4.69, 9.17) is 9.40 Å². The predicted octanol–water partition coefficient (Wildman–Crippen LogP) is 16.0. The van der Waals surface area contributed by atoms with Crippen LogP contribution in [0.15, 0.2) is 223 Å². The number of hydrogen-bond acceptors (Lipinski definition) is 4. The first-order valence-corrected chi connectivity index (χ1v) is 20.7. The van der Waals surface area contributed by atoms with Gasteiger partial charge in [0.25, 0.3) is 0 Å². The van der Waals surface area contributed by atoms with Gasteiger partial charge in [-0.05, 0) is 93.5 Å². The maximum Gasteiger partial charge on any atom is 0.137 e. The summed E-state index contributed by atoms with van der Waals surface area (Å²) in [6.07, 6.45) is 0. The molecule has 0 radical (unpaired) electrons. The zero-order chi connectivity index (χ0) is 39.1. The lowest BCUT2D eigenvalue weighted by molar-refractivity contribution is 0.669. The minimum absolute atomic E-state index is 0.871. The maximum absolute atomic E-state index is 6.52. The fourth-order valence-corrected chi connectivity index (χ4v) is 9.30. The topological polar surface area (TPSA) is 29.3 Å². The average Bonchev–Trinajstić information content (AvgIpc) is 3.92. The zero-order valence-corrected chi connectivity index (χ0v) is 32.8. The Balaban J connectivity index is 0.972. The Hall–Kier alpha value is -7.53. The van der Waals surface area contributed by atoms with Crippen molar-refractivity contribution in [2.45, 2.75) is 0 Å². The smallest absolute Gasteiger partial charge is 0.137 e. The van der Waals surface area contributed by atoms with Gasteiger partial charge in [-0.1, -0.05) is 164 Å². The highest BCUT2D eigenvalue weighted by Crippen LogP contribution is 2.44. The summed E-state index contributed by atoms with van der Waals surface area (Å²) in [7, 11) is 0. The molecule has 4 heteroatoms. The summed E-state index contributed by atoms with van der Waals surface area (Å²) in [6.45, 7) is 0. The standard InChI is InChI=1S/C55H36N2OS/c1-4-12-37(13-5-1)39-20-22-42(23-21-39)47-18-10-11-19-50(47)57(45-29-24-40(25-30-45)38-14-6-2-7-15-38)46-31-26-41(27-32-46)44-28-33-48-52(36-44)58-51-35-34-49-54(53(48)51)59-55(56-49)43-16-8-3-9-17-43/h1-36H. The van der Waals surface area contributed by atoms with Crippen LogP contribution in [-0.4, -0.2) is 4.98 Å². The second-order valence-corrected chi connectivity index (χ2v) is 15.7. The first-order chi connectivity index (χ1) is 29.2. The van der Waals surface area contributed by atoms with Crippen molar-refractivity contribution in [1.29, 1.82) is 0 Å². The highest BCUT2D eigenvalue weighted by atomic mass is 32.1. The fourth-order valence-electron chi connectivity index (χ4n) is 8.18. The van der Waals surface area contributed by atoms with Gasteiger partial charge < -0.3 is 9.32 Å². The van der Waals surface area contributed by atoms with E-state index in [0.29, 0.717) is 0 Å². The Kier molecular flexibility index (Phi) is 8.68. The molecule has 11 aromatic rings. The van der Waals surface area contributed by atoms with Crippen molar-refractivity contribution in [3.63, 3.8) is 0 Å². The van der Waals surface area contributed by atoms with Crippen LogP contribution in [0.1, 0.15) is 0 Å². The summed E-state index contributed by atoms with van der Waals surface area (Å²) in [5.41, 5.74) is 16.5. The summed E-state index contributed by atoms with van der Waals surface area (Å²) in [6, 6.07) is 77.5. The van der Waals surface area contributed by atoms with Gasteiger partial charge in [0.05, 0.1) is 15.9 Å². The molecular weight excluding hydrogens is 737 g/mol. The van der Waals surface area contributed by atoms with E-state index in [0.717, 1.165) is 82.0 Å². The van der Waals surface area contributed by atoms with Crippen molar-refractivity contribution in [1.82, 2.24) is 4.98 Å². The summed E-state index contributed by atoms with van der Waals surface area (Å²) in [5, 5.41) is 3.25. The largest absolute Gasteiger partial charge is 0.456 e. The molecule has 0 spiro atoms. The monoisotopic (exact) mass is 772 g/mol. The van der Waals surface area contributed by atoms with Gasteiger partial charge >= 0.3 is 0 Å². The van der Waals surface area contributed by atoms with Gasteiger partial charge in [-0.3, -0.25) is 0 Å². The molecule has 2 aromatic heterocycles. The Morgan fingerprint density at radius 1 is 0.390 bits per heavy atom. The SMILES string of the molecule is c1ccc(-c2ccc(-c3ccccc3N(c3ccc(-c4ccccc4)cc3)c3ccc(-c4ccc5c(c4)oc4ccc6nc(-c7ccccc7)sc6c45)cc3)cc2)cc1. The molecule has 59 heavy (non-hydrogen) atoms. The molecular formula is C55H36N2OS. The van der Waals surface area contributed by atoms with Crippen LogP contribution in [0.2, 0.25) is 0 Å². The lowest BCUT2D eigenvalue weighted by atomic mass is 9.98. The van der Waals surface area contributed by atoms with Gasteiger partial charge in [0.15, 0.2) is 0 Å². The first kappa shape index (κ1) is 34.7. The Morgan fingerprint density at radius 3 is 1.51 bits per heavy atom. The minimum atomic E-state index is 0.871. The minimum Gasteiger partial charge on any atom is -0.456 e. The molecule has 0 atom stereocenters. The number of anilines is 3. The molecule has 0 aliphatic carbocycles. The fraction of sp³-hybridized carbons (Fsp3) is 0. The number of rotatable bonds is 8. The third-order valence-corrected chi connectivity index (χ3v) is 12.3. The van der Waals surface area contributed by atoms with Gasteiger partial charge in [-0.25, -0.2) is 4.98 Å². The first-order valence-electron chi connectivity index (χ1n) is 19.9. The molecule has 278 valence electrons. The van der Waals surface area contributed by atoms with E-state index >= 15 is 0 Å². The number of thiazole rings is 1. The van der Waals surface area contributed by atoms with Gasteiger partial charge in [-0.2, -0.15) is 0 Å². The molecule has 0 unspecified atom stereocenters. The third kappa shape index (κ3) is 6.46. The van der Waals surface area contributed by atoms with Crippen LogP contribution in [0.5, 0.6) is 0 Å². The van der Waals surface area contributed by atoms with E-state index in [1.54, 1.807) is 11.3 Å². The van der Waals surface area contributed by atoms with Crippen LogP contribution in [0.3, 0.4) is 0 Å². The van der Waals surface area contributed by atoms with Gasteiger partial charge in [0.1, 0.15) is 16.2 Å². The summed E-state index contributed by atoms with van der Waals surface area (Å²) >= 11 is 1.72. The Morgan fingerprint density at radius 2 is 0.881 bits per heavy atom. The number of aromatic nitrogens is 1. The van der Waals surface area contributed by atoms with Crippen molar-refractivity contribution in [3.05, 3.63) is 218 Å². The van der Waals surface area contributed by atoms with E-state index < -0.39 is 0 Å². The number of benzene rings is 9. The summed E-state index contributed by atoms with van der Waals surface area (Å²) in [4.78, 5) is 7.35. The number of nitrogens with zero attached hydrogens (tertiary/aromatic N) is 2. The van der Waals surface area contributed by atoms with E-state index in [9.17, 15) is 0 Å². The number of fused-ring (bicyclic) bond motifs is 5. The molecule has 0 saturated carbocycles.